The zero-order valence-corrected chi connectivity index (χ0v) is 11.7. The molecule has 0 bridgehead atoms. The monoisotopic (exact) mass is 309 g/mol. The van der Waals surface area contributed by atoms with Crippen molar-refractivity contribution in [2.75, 3.05) is 7.11 Å². The van der Waals surface area contributed by atoms with Gasteiger partial charge in [0.2, 0.25) is 15.9 Å². The molecule has 0 fully saturated rings. The standard InChI is InChI=1S/C11H11N5O4S/c1-20-11-15-5-14-10(16-11)8-6(9(12)17)3-2-4-7(8)21(13,18)19/h2-5H,1H3,(H2,12,17)(H2,13,18,19). The zero-order chi connectivity index (χ0) is 15.6. The van der Waals surface area contributed by atoms with Crippen molar-refractivity contribution in [3.63, 3.8) is 0 Å². The predicted molar refractivity (Wildman–Crippen MR) is 71.7 cm³/mol. The van der Waals surface area contributed by atoms with Crippen LogP contribution in [0, 0.1) is 0 Å². The molecule has 2 rings (SSSR count). The van der Waals surface area contributed by atoms with Gasteiger partial charge in [-0.15, -0.1) is 0 Å². The van der Waals surface area contributed by atoms with Crippen molar-refractivity contribution in [3.8, 4) is 17.4 Å². The maximum Gasteiger partial charge on any atom is 0.319 e. The summed E-state index contributed by atoms with van der Waals surface area (Å²) in [5.41, 5.74) is 5.09. The average molecular weight is 309 g/mol. The average Bonchev–Trinajstić information content (AvgIpc) is 2.45. The van der Waals surface area contributed by atoms with Gasteiger partial charge >= 0.3 is 6.01 Å². The summed E-state index contributed by atoms with van der Waals surface area (Å²) in [7, 11) is -2.77. The molecule has 1 amide bonds. The molecule has 2 aromatic rings. The number of primary sulfonamides is 1. The number of methoxy groups -OCH3 is 1. The van der Waals surface area contributed by atoms with E-state index >= 15 is 0 Å². The zero-order valence-electron chi connectivity index (χ0n) is 10.8. The second kappa shape index (κ2) is 5.42. The van der Waals surface area contributed by atoms with Crippen LogP contribution >= 0.6 is 0 Å². The molecule has 21 heavy (non-hydrogen) atoms. The molecule has 9 nitrogen and oxygen atoms in total. The van der Waals surface area contributed by atoms with Crippen molar-refractivity contribution < 1.29 is 17.9 Å². The van der Waals surface area contributed by atoms with Crippen LogP contribution in [0.4, 0.5) is 0 Å². The van der Waals surface area contributed by atoms with E-state index in [4.69, 9.17) is 15.6 Å². The molecule has 0 aliphatic rings. The van der Waals surface area contributed by atoms with E-state index in [0.717, 1.165) is 6.33 Å². The Bertz CT molecular complexity index is 806. The molecule has 0 radical (unpaired) electrons. The third-order valence-electron chi connectivity index (χ3n) is 2.55. The Morgan fingerprint density at radius 2 is 2.00 bits per heavy atom. The summed E-state index contributed by atoms with van der Waals surface area (Å²) in [4.78, 5) is 22.7. The number of hydrogen-bond donors (Lipinski definition) is 2. The number of rotatable bonds is 4. The highest BCUT2D eigenvalue weighted by molar-refractivity contribution is 7.89. The molecule has 0 saturated heterocycles. The lowest BCUT2D eigenvalue weighted by molar-refractivity contribution is 0.100. The largest absolute Gasteiger partial charge is 0.467 e. The Morgan fingerprint density at radius 1 is 1.29 bits per heavy atom. The first-order valence-corrected chi connectivity index (χ1v) is 7.08. The van der Waals surface area contributed by atoms with E-state index in [1.54, 1.807) is 0 Å². The van der Waals surface area contributed by atoms with Crippen LogP contribution in [-0.2, 0) is 10.0 Å². The molecule has 0 unspecified atom stereocenters. The molecule has 4 N–H and O–H groups in total. The Hall–Kier alpha value is -2.59. The minimum absolute atomic E-state index is 0.0420. The van der Waals surface area contributed by atoms with Crippen molar-refractivity contribution in [2.45, 2.75) is 4.90 Å². The van der Waals surface area contributed by atoms with Gasteiger partial charge < -0.3 is 10.5 Å². The minimum atomic E-state index is -4.11. The van der Waals surface area contributed by atoms with Gasteiger partial charge in [0.25, 0.3) is 0 Å². The first kappa shape index (κ1) is 14.8. The number of hydrogen-bond acceptors (Lipinski definition) is 7. The second-order valence-electron chi connectivity index (χ2n) is 3.88. The molecule has 0 atom stereocenters. The summed E-state index contributed by atoms with van der Waals surface area (Å²) in [5, 5.41) is 5.15. The Labute approximate surface area is 120 Å². The van der Waals surface area contributed by atoms with Gasteiger partial charge in [0.05, 0.1) is 23.1 Å². The first-order valence-electron chi connectivity index (χ1n) is 5.53. The van der Waals surface area contributed by atoms with Crippen LogP contribution in [0.3, 0.4) is 0 Å². The number of carbonyl (C=O) groups is 1. The van der Waals surface area contributed by atoms with E-state index in [1.165, 1.54) is 25.3 Å². The lowest BCUT2D eigenvalue weighted by atomic mass is 10.1. The van der Waals surface area contributed by atoms with Crippen LogP contribution in [0.25, 0.3) is 11.4 Å². The van der Waals surface area contributed by atoms with E-state index < -0.39 is 15.9 Å². The maximum atomic E-state index is 11.7. The first-order chi connectivity index (χ1) is 9.84. The number of aromatic nitrogens is 3. The lowest BCUT2D eigenvalue weighted by Gasteiger charge is -2.10. The molecule has 0 aliphatic carbocycles. The third-order valence-corrected chi connectivity index (χ3v) is 3.51. The summed E-state index contributed by atoms with van der Waals surface area (Å²) in [5.74, 6) is -0.921. The van der Waals surface area contributed by atoms with Crippen LogP contribution in [-0.4, -0.2) is 36.4 Å². The SMILES string of the molecule is COc1ncnc(-c2c(C(N)=O)cccc2S(N)(=O)=O)n1. The van der Waals surface area contributed by atoms with E-state index in [0.29, 0.717) is 0 Å². The topological polar surface area (TPSA) is 151 Å². The summed E-state index contributed by atoms with van der Waals surface area (Å²) < 4.78 is 28.2. The highest BCUT2D eigenvalue weighted by Gasteiger charge is 2.23. The molecule has 1 aromatic carbocycles. The fraction of sp³-hybridized carbons (Fsp3) is 0.0909. The van der Waals surface area contributed by atoms with Gasteiger partial charge in [-0.1, -0.05) is 6.07 Å². The van der Waals surface area contributed by atoms with Gasteiger partial charge in [0.1, 0.15) is 6.33 Å². The van der Waals surface area contributed by atoms with Gasteiger partial charge in [0.15, 0.2) is 5.82 Å². The summed E-state index contributed by atoms with van der Waals surface area (Å²) >= 11 is 0. The molecule has 1 aromatic heterocycles. The van der Waals surface area contributed by atoms with E-state index in [1.807, 2.05) is 0 Å². The fourth-order valence-electron chi connectivity index (χ4n) is 1.70. The maximum absolute atomic E-state index is 11.7. The van der Waals surface area contributed by atoms with Gasteiger partial charge in [-0.3, -0.25) is 4.79 Å². The molecule has 0 aliphatic heterocycles. The number of ether oxygens (including phenoxy) is 1. The normalized spacial score (nSPS) is 11.1. The number of nitrogens with zero attached hydrogens (tertiary/aromatic N) is 3. The van der Waals surface area contributed by atoms with Crippen molar-refractivity contribution in [1.29, 1.82) is 0 Å². The molecule has 0 saturated carbocycles. The Kier molecular flexibility index (Phi) is 3.82. The number of carbonyl (C=O) groups excluding carboxylic acids is 1. The summed E-state index contributed by atoms with van der Waals surface area (Å²) in [6.45, 7) is 0. The van der Waals surface area contributed by atoms with E-state index in [9.17, 15) is 13.2 Å². The van der Waals surface area contributed by atoms with Gasteiger partial charge in [0, 0.05) is 0 Å². The van der Waals surface area contributed by atoms with Crippen molar-refractivity contribution in [1.82, 2.24) is 15.0 Å². The molecule has 110 valence electrons. The molecule has 0 spiro atoms. The van der Waals surface area contributed by atoms with Crippen molar-refractivity contribution >= 4 is 15.9 Å². The molecule has 10 heteroatoms. The van der Waals surface area contributed by atoms with Gasteiger partial charge in [-0.2, -0.15) is 9.97 Å². The van der Waals surface area contributed by atoms with Crippen molar-refractivity contribution in [2.24, 2.45) is 10.9 Å². The highest BCUT2D eigenvalue weighted by atomic mass is 32.2. The predicted octanol–water partition coefficient (Wildman–Crippen LogP) is -0.706. The van der Waals surface area contributed by atoms with Gasteiger partial charge in [-0.05, 0) is 12.1 Å². The minimum Gasteiger partial charge on any atom is -0.467 e. The molecular weight excluding hydrogens is 298 g/mol. The number of sulfonamides is 1. The van der Waals surface area contributed by atoms with Crippen LogP contribution in [0.2, 0.25) is 0 Å². The second-order valence-corrected chi connectivity index (χ2v) is 5.41. The van der Waals surface area contributed by atoms with Crippen LogP contribution in [0.1, 0.15) is 10.4 Å². The fourth-order valence-corrected chi connectivity index (χ4v) is 2.46. The third kappa shape index (κ3) is 2.95. The Morgan fingerprint density at radius 3 is 2.57 bits per heavy atom. The smallest absolute Gasteiger partial charge is 0.319 e. The molecule has 1 heterocycles. The van der Waals surface area contributed by atoms with E-state index in [2.05, 4.69) is 15.0 Å². The quantitative estimate of drug-likeness (QED) is 0.757. The van der Waals surface area contributed by atoms with Crippen LogP contribution in [0.5, 0.6) is 6.01 Å². The molecular formula is C11H11N5O4S. The summed E-state index contributed by atoms with van der Waals surface area (Å²) in [6, 6.07) is 3.89. The van der Waals surface area contributed by atoms with E-state index in [-0.39, 0.29) is 27.9 Å². The van der Waals surface area contributed by atoms with Crippen LogP contribution < -0.4 is 15.6 Å². The number of primary amides is 1. The van der Waals surface area contributed by atoms with Gasteiger partial charge in [-0.25, -0.2) is 18.5 Å². The number of nitrogens with two attached hydrogens (primary N) is 2. The number of amides is 1. The number of benzene rings is 1. The highest BCUT2D eigenvalue weighted by Crippen LogP contribution is 2.28. The Balaban J connectivity index is 2.84. The van der Waals surface area contributed by atoms with Crippen molar-refractivity contribution in [3.05, 3.63) is 30.1 Å². The lowest BCUT2D eigenvalue weighted by Crippen LogP contribution is -2.19. The summed E-state index contributed by atoms with van der Waals surface area (Å²) in [6.07, 6.45) is 1.12. The van der Waals surface area contributed by atoms with Crippen LogP contribution in [0.15, 0.2) is 29.4 Å².